The van der Waals surface area contributed by atoms with Crippen LogP contribution in [0.2, 0.25) is 0 Å². The van der Waals surface area contributed by atoms with Crippen LogP contribution in [0.5, 0.6) is 0 Å². The molecule has 0 N–H and O–H groups in total. The third kappa shape index (κ3) is 3.01. The van der Waals surface area contributed by atoms with Crippen molar-refractivity contribution in [2.75, 3.05) is 19.6 Å². The number of hydrogen-bond donors (Lipinski definition) is 0. The van der Waals surface area contributed by atoms with Crippen molar-refractivity contribution >= 4 is 5.91 Å². The number of piperidine rings is 1. The van der Waals surface area contributed by atoms with Gasteiger partial charge >= 0.3 is 0 Å². The summed E-state index contributed by atoms with van der Waals surface area (Å²) in [5.41, 5.74) is 2.29. The number of pyridine rings is 1. The molecule has 2 atom stereocenters. The number of hydrogen-bond acceptors (Lipinski definition) is 4. The van der Waals surface area contributed by atoms with E-state index in [1.165, 1.54) is 5.56 Å². The van der Waals surface area contributed by atoms with Crippen LogP contribution >= 0.6 is 0 Å². The predicted octanol–water partition coefficient (Wildman–Crippen LogP) is 2.16. The molecule has 5 heteroatoms. The van der Waals surface area contributed by atoms with E-state index in [1.807, 2.05) is 29.3 Å². The lowest BCUT2D eigenvalue weighted by Crippen LogP contribution is -2.44. The fourth-order valence-electron chi connectivity index (χ4n) is 3.84. The minimum Gasteiger partial charge on any atom is -0.472 e. The Hall–Kier alpha value is -2.14. The molecule has 4 heterocycles. The summed E-state index contributed by atoms with van der Waals surface area (Å²) in [4.78, 5) is 21.3. The van der Waals surface area contributed by atoms with Gasteiger partial charge in [0.2, 0.25) is 5.91 Å². The van der Waals surface area contributed by atoms with Gasteiger partial charge in [0, 0.05) is 50.7 Å². The Morgan fingerprint density at radius 3 is 2.96 bits per heavy atom. The summed E-state index contributed by atoms with van der Waals surface area (Å²) in [5, 5.41) is 0. The molecule has 0 spiro atoms. The number of furan rings is 1. The molecule has 2 aromatic heterocycles. The monoisotopic (exact) mass is 311 g/mol. The molecule has 2 saturated heterocycles. The zero-order valence-electron chi connectivity index (χ0n) is 13.1. The van der Waals surface area contributed by atoms with E-state index in [9.17, 15) is 4.79 Å². The van der Waals surface area contributed by atoms with Crippen molar-refractivity contribution in [1.29, 1.82) is 0 Å². The van der Waals surface area contributed by atoms with Crippen LogP contribution in [-0.2, 0) is 17.9 Å². The van der Waals surface area contributed by atoms with Crippen LogP contribution in [0.15, 0.2) is 47.5 Å². The molecule has 2 fully saturated rings. The highest BCUT2D eigenvalue weighted by Crippen LogP contribution is 2.33. The van der Waals surface area contributed by atoms with E-state index in [0.29, 0.717) is 18.4 Å². The van der Waals surface area contributed by atoms with Crippen LogP contribution in [0.1, 0.15) is 17.5 Å². The zero-order valence-corrected chi connectivity index (χ0v) is 13.1. The van der Waals surface area contributed by atoms with Crippen LogP contribution in [-0.4, -0.2) is 40.3 Å². The molecular formula is C18H21N3O2. The molecule has 5 nitrogen and oxygen atoms in total. The Labute approximate surface area is 135 Å². The van der Waals surface area contributed by atoms with Crippen LogP contribution in [0.3, 0.4) is 0 Å². The average Bonchev–Trinajstić information content (AvgIpc) is 3.21. The normalized spacial score (nSPS) is 24.9. The molecule has 4 rings (SSSR count). The van der Waals surface area contributed by atoms with E-state index in [1.54, 1.807) is 18.7 Å². The molecule has 0 aliphatic carbocycles. The van der Waals surface area contributed by atoms with Gasteiger partial charge in [0.25, 0.3) is 0 Å². The smallest absolute Gasteiger partial charge is 0.227 e. The topological polar surface area (TPSA) is 49.6 Å². The van der Waals surface area contributed by atoms with Crippen LogP contribution in [0, 0.1) is 11.8 Å². The lowest BCUT2D eigenvalue weighted by molar-refractivity contribution is -0.140. The first-order valence-electron chi connectivity index (χ1n) is 8.21. The maximum atomic E-state index is 12.8. The predicted molar refractivity (Wildman–Crippen MR) is 85.2 cm³/mol. The molecule has 1 amide bonds. The second-order valence-electron chi connectivity index (χ2n) is 6.60. The van der Waals surface area contributed by atoms with E-state index >= 15 is 0 Å². The largest absolute Gasteiger partial charge is 0.472 e. The third-order valence-corrected chi connectivity index (χ3v) is 5.00. The minimum atomic E-state index is 0.146. The van der Waals surface area contributed by atoms with Crippen LogP contribution < -0.4 is 0 Å². The quantitative estimate of drug-likeness (QED) is 0.868. The van der Waals surface area contributed by atoms with Crippen molar-refractivity contribution in [3.63, 3.8) is 0 Å². The van der Waals surface area contributed by atoms with Gasteiger partial charge in [-0.3, -0.25) is 14.7 Å². The number of carbonyl (C=O) groups is 1. The summed E-state index contributed by atoms with van der Waals surface area (Å²) in [5.74, 6) is 0.951. The maximum absolute atomic E-state index is 12.8. The summed E-state index contributed by atoms with van der Waals surface area (Å²) in [6.45, 7) is 4.28. The molecule has 2 aliphatic rings. The first-order chi connectivity index (χ1) is 11.3. The fraction of sp³-hybridized carbons (Fsp3) is 0.444. The van der Waals surface area contributed by atoms with E-state index in [-0.39, 0.29) is 5.92 Å². The Kier molecular flexibility index (Phi) is 3.87. The summed E-state index contributed by atoms with van der Waals surface area (Å²) in [6.07, 6.45) is 8.21. The molecule has 2 aromatic rings. The van der Waals surface area contributed by atoms with E-state index in [2.05, 4.69) is 9.88 Å². The van der Waals surface area contributed by atoms with Gasteiger partial charge in [-0.25, -0.2) is 0 Å². The molecular weight excluding hydrogens is 290 g/mol. The standard InChI is InChI=1S/C18H21N3O2/c22-18-17-12-20(9-15-4-7-23-13-15)11-16(17)3-6-21(18)10-14-2-1-5-19-8-14/h1-2,4-5,7-8,13,16-17H,3,6,9-12H2/t16-,17-/m0/s1. The second-order valence-corrected chi connectivity index (χ2v) is 6.60. The molecule has 0 aromatic carbocycles. The van der Waals surface area contributed by atoms with Crippen molar-refractivity contribution in [3.05, 3.63) is 54.2 Å². The molecule has 2 aliphatic heterocycles. The second kappa shape index (κ2) is 6.16. The average molecular weight is 311 g/mol. The van der Waals surface area contributed by atoms with E-state index in [0.717, 1.165) is 38.2 Å². The number of likely N-dealkylation sites (tertiary alicyclic amines) is 2. The first-order valence-corrected chi connectivity index (χ1v) is 8.21. The Morgan fingerprint density at radius 2 is 2.17 bits per heavy atom. The zero-order chi connectivity index (χ0) is 15.6. The highest BCUT2D eigenvalue weighted by atomic mass is 16.3. The molecule has 0 bridgehead atoms. The fourth-order valence-corrected chi connectivity index (χ4v) is 3.84. The van der Waals surface area contributed by atoms with Crippen molar-refractivity contribution in [2.24, 2.45) is 11.8 Å². The SMILES string of the molecule is O=C1[C@H]2CN(Cc3ccoc3)C[C@@H]2CCN1Cc1cccnc1. The van der Waals surface area contributed by atoms with E-state index < -0.39 is 0 Å². The molecule has 120 valence electrons. The maximum Gasteiger partial charge on any atom is 0.227 e. The van der Waals surface area contributed by atoms with Gasteiger partial charge in [-0.05, 0) is 30.0 Å². The highest BCUT2D eigenvalue weighted by Gasteiger charge is 2.42. The van der Waals surface area contributed by atoms with Gasteiger partial charge in [0.05, 0.1) is 18.4 Å². The third-order valence-electron chi connectivity index (χ3n) is 5.00. The van der Waals surface area contributed by atoms with Crippen LogP contribution in [0.25, 0.3) is 0 Å². The number of carbonyl (C=O) groups excluding carboxylic acids is 1. The minimum absolute atomic E-state index is 0.146. The Balaban J connectivity index is 1.40. The van der Waals surface area contributed by atoms with Crippen molar-refractivity contribution in [2.45, 2.75) is 19.5 Å². The Bertz CT molecular complexity index is 656. The van der Waals surface area contributed by atoms with Crippen LogP contribution in [0.4, 0.5) is 0 Å². The number of amides is 1. The number of nitrogens with zero attached hydrogens (tertiary/aromatic N) is 3. The molecule has 23 heavy (non-hydrogen) atoms. The van der Waals surface area contributed by atoms with Gasteiger partial charge in [0.1, 0.15) is 0 Å². The summed E-state index contributed by atoms with van der Waals surface area (Å²) in [6, 6.07) is 5.96. The summed E-state index contributed by atoms with van der Waals surface area (Å²) in [7, 11) is 0. The Morgan fingerprint density at radius 1 is 1.22 bits per heavy atom. The molecule has 0 unspecified atom stereocenters. The lowest BCUT2D eigenvalue weighted by atomic mass is 9.88. The van der Waals surface area contributed by atoms with Crippen molar-refractivity contribution in [1.82, 2.24) is 14.8 Å². The van der Waals surface area contributed by atoms with Gasteiger partial charge in [0.15, 0.2) is 0 Å². The number of rotatable bonds is 4. The van der Waals surface area contributed by atoms with Gasteiger partial charge in [-0.2, -0.15) is 0 Å². The van der Waals surface area contributed by atoms with E-state index in [4.69, 9.17) is 4.42 Å². The van der Waals surface area contributed by atoms with Crippen molar-refractivity contribution in [3.8, 4) is 0 Å². The summed E-state index contributed by atoms with van der Waals surface area (Å²) >= 11 is 0. The summed E-state index contributed by atoms with van der Waals surface area (Å²) < 4.78 is 5.14. The lowest BCUT2D eigenvalue weighted by Gasteiger charge is -2.33. The van der Waals surface area contributed by atoms with Gasteiger partial charge in [-0.15, -0.1) is 0 Å². The van der Waals surface area contributed by atoms with Gasteiger partial charge < -0.3 is 9.32 Å². The molecule has 0 saturated carbocycles. The molecule has 0 radical (unpaired) electrons. The van der Waals surface area contributed by atoms with Crippen molar-refractivity contribution < 1.29 is 9.21 Å². The highest BCUT2D eigenvalue weighted by molar-refractivity contribution is 5.80. The van der Waals surface area contributed by atoms with Gasteiger partial charge in [-0.1, -0.05) is 6.07 Å². The number of aromatic nitrogens is 1. The first kappa shape index (κ1) is 14.5. The number of fused-ring (bicyclic) bond motifs is 1.